The molecule has 0 bridgehead atoms. The van der Waals surface area contributed by atoms with Crippen LogP contribution in [0.15, 0.2) is 48.5 Å². The molecule has 4 rings (SSSR count). The number of hydrogen-bond acceptors (Lipinski definition) is 3. The minimum Gasteiger partial charge on any atom is -0.490 e. The third-order valence-electron chi connectivity index (χ3n) is 7.31. The summed E-state index contributed by atoms with van der Waals surface area (Å²) in [7, 11) is 0. The number of rotatable bonds is 6. The Kier molecular flexibility index (Phi) is 6.15. The molecule has 0 radical (unpaired) electrons. The molecule has 1 heterocycles. The van der Waals surface area contributed by atoms with Crippen molar-refractivity contribution in [2.24, 2.45) is 11.1 Å². The van der Waals surface area contributed by atoms with E-state index in [1.807, 2.05) is 0 Å². The zero-order valence-corrected chi connectivity index (χ0v) is 17.9. The summed E-state index contributed by atoms with van der Waals surface area (Å²) in [5.74, 6) is 1.99. The van der Waals surface area contributed by atoms with E-state index in [-0.39, 0.29) is 6.10 Å². The van der Waals surface area contributed by atoms with Crippen molar-refractivity contribution in [2.45, 2.75) is 83.5 Å². The second-order valence-corrected chi connectivity index (χ2v) is 8.87. The van der Waals surface area contributed by atoms with E-state index in [2.05, 4.69) is 62.4 Å². The molecule has 1 saturated carbocycles. The highest BCUT2D eigenvalue weighted by Gasteiger charge is 2.38. The van der Waals surface area contributed by atoms with Crippen LogP contribution in [0, 0.1) is 5.41 Å². The Labute approximate surface area is 175 Å². The zero-order valence-electron chi connectivity index (χ0n) is 17.9. The van der Waals surface area contributed by atoms with Crippen molar-refractivity contribution in [1.82, 2.24) is 0 Å². The lowest BCUT2D eigenvalue weighted by atomic mass is 9.66. The summed E-state index contributed by atoms with van der Waals surface area (Å²) < 4.78 is 12.7. The molecular weight excluding hydrogens is 358 g/mol. The smallest absolute Gasteiger partial charge is 0.124 e. The van der Waals surface area contributed by atoms with Crippen molar-refractivity contribution in [1.29, 1.82) is 0 Å². The molecular formula is C26H35NO2. The summed E-state index contributed by atoms with van der Waals surface area (Å²) in [6.07, 6.45) is 9.29. The highest BCUT2D eigenvalue weighted by molar-refractivity contribution is 5.42. The maximum Gasteiger partial charge on any atom is 0.124 e. The number of nitrogens with two attached hydrogens (primary N) is 1. The minimum absolute atomic E-state index is 0.152. The van der Waals surface area contributed by atoms with Gasteiger partial charge >= 0.3 is 0 Å². The maximum atomic E-state index is 6.47. The predicted octanol–water partition coefficient (Wildman–Crippen LogP) is 6.21. The first-order chi connectivity index (χ1) is 14.1. The van der Waals surface area contributed by atoms with Crippen molar-refractivity contribution in [3.05, 3.63) is 59.7 Å². The summed E-state index contributed by atoms with van der Waals surface area (Å²) in [5.41, 5.74) is 9.30. The number of aryl methyl sites for hydroxylation is 1. The van der Waals surface area contributed by atoms with Gasteiger partial charge in [0.2, 0.25) is 0 Å². The lowest BCUT2D eigenvalue weighted by Crippen LogP contribution is -2.45. The first-order valence-corrected chi connectivity index (χ1v) is 11.4. The topological polar surface area (TPSA) is 44.5 Å². The monoisotopic (exact) mass is 393 g/mol. The molecule has 0 spiro atoms. The van der Waals surface area contributed by atoms with E-state index in [9.17, 15) is 0 Å². The molecule has 2 atom stereocenters. The largest absolute Gasteiger partial charge is 0.490 e. The first kappa shape index (κ1) is 20.3. The van der Waals surface area contributed by atoms with Crippen molar-refractivity contribution in [3.63, 3.8) is 0 Å². The van der Waals surface area contributed by atoms with Crippen LogP contribution in [0.2, 0.25) is 0 Å². The van der Waals surface area contributed by atoms with Gasteiger partial charge in [0.05, 0.1) is 6.10 Å². The normalized spacial score (nSPS) is 27.6. The van der Waals surface area contributed by atoms with Gasteiger partial charge in [-0.2, -0.15) is 0 Å². The van der Waals surface area contributed by atoms with Crippen LogP contribution in [-0.4, -0.2) is 12.1 Å². The molecule has 3 heteroatoms. The molecule has 2 aromatic carbocycles. The number of hydrogen-bond donors (Lipinski definition) is 1. The number of benzene rings is 2. The molecule has 3 nitrogen and oxygen atoms in total. The molecule has 2 N–H and O–H groups in total. The van der Waals surface area contributed by atoms with Gasteiger partial charge in [-0.15, -0.1) is 0 Å². The van der Waals surface area contributed by atoms with Gasteiger partial charge in [-0.05, 0) is 86.1 Å². The average molecular weight is 394 g/mol. The lowest BCUT2D eigenvalue weighted by Gasteiger charge is -2.43. The first-order valence-electron chi connectivity index (χ1n) is 11.4. The summed E-state index contributed by atoms with van der Waals surface area (Å²) in [6, 6.07) is 17.2. The van der Waals surface area contributed by atoms with E-state index >= 15 is 0 Å². The molecule has 156 valence electrons. The second kappa shape index (κ2) is 8.79. The molecule has 2 unspecified atom stereocenters. The van der Waals surface area contributed by atoms with Crippen LogP contribution < -0.4 is 15.2 Å². The van der Waals surface area contributed by atoms with Gasteiger partial charge in [-0.25, -0.2) is 0 Å². The minimum atomic E-state index is 0.152. The summed E-state index contributed by atoms with van der Waals surface area (Å²) in [4.78, 5) is 0. The quantitative estimate of drug-likeness (QED) is 0.635. The van der Waals surface area contributed by atoms with E-state index in [0.29, 0.717) is 17.6 Å². The van der Waals surface area contributed by atoms with Gasteiger partial charge in [-0.3, -0.25) is 0 Å². The van der Waals surface area contributed by atoms with Gasteiger partial charge in [-0.1, -0.05) is 44.2 Å². The van der Waals surface area contributed by atoms with Gasteiger partial charge in [0.25, 0.3) is 0 Å². The van der Waals surface area contributed by atoms with E-state index in [4.69, 9.17) is 15.2 Å². The fourth-order valence-electron chi connectivity index (χ4n) is 5.24. The zero-order chi connectivity index (χ0) is 20.3. The van der Waals surface area contributed by atoms with Gasteiger partial charge in [0, 0.05) is 6.04 Å². The van der Waals surface area contributed by atoms with Crippen LogP contribution in [0.5, 0.6) is 11.5 Å². The molecule has 0 aromatic heterocycles. The Balaban J connectivity index is 1.37. The van der Waals surface area contributed by atoms with E-state index in [1.54, 1.807) is 0 Å². The fraction of sp³-hybridized carbons (Fsp3) is 0.538. The van der Waals surface area contributed by atoms with Crippen LogP contribution in [0.1, 0.15) is 76.0 Å². The van der Waals surface area contributed by atoms with Crippen molar-refractivity contribution < 1.29 is 9.47 Å². The van der Waals surface area contributed by atoms with Crippen molar-refractivity contribution >= 4 is 0 Å². The molecule has 0 saturated heterocycles. The maximum absolute atomic E-state index is 6.47. The van der Waals surface area contributed by atoms with E-state index in [1.165, 1.54) is 30.4 Å². The van der Waals surface area contributed by atoms with E-state index in [0.717, 1.165) is 43.6 Å². The third kappa shape index (κ3) is 4.30. The predicted molar refractivity (Wildman–Crippen MR) is 118 cm³/mol. The molecule has 2 aromatic rings. The Morgan fingerprint density at radius 1 is 1.07 bits per heavy atom. The summed E-state index contributed by atoms with van der Waals surface area (Å²) >= 11 is 0. The number of ether oxygens (including phenoxy) is 2. The van der Waals surface area contributed by atoms with Crippen LogP contribution in [-0.2, 0) is 6.42 Å². The van der Waals surface area contributed by atoms with Crippen LogP contribution >= 0.6 is 0 Å². The molecule has 1 aliphatic heterocycles. The third-order valence-corrected chi connectivity index (χ3v) is 7.31. The van der Waals surface area contributed by atoms with Crippen LogP contribution in [0.25, 0.3) is 0 Å². The number of fused-ring (bicyclic) bond motifs is 1. The molecule has 1 fully saturated rings. The Morgan fingerprint density at radius 2 is 1.83 bits per heavy atom. The molecule has 1 aliphatic carbocycles. The van der Waals surface area contributed by atoms with Crippen molar-refractivity contribution in [3.8, 4) is 11.5 Å². The Bertz CT molecular complexity index is 796. The second-order valence-electron chi connectivity index (χ2n) is 8.87. The molecule has 29 heavy (non-hydrogen) atoms. The van der Waals surface area contributed by atoms with Crippen LogP contribution in [0.3, 0.4) is 0 Å². The fourth-order valence-corrected chi connectivity index (χ4v) is 5.24. The molecule has 0 amide bonds. The van der Waals surface area contributed by atoms with Gasteiger partial charge in [0.15, 0.2) is 0 Å². The SMILES string of the molecule is CCC(N)C1(CC)CCC(Oc2ccc3c(c2)CCC(c2ccccc2)O3)CC1. The lowest BCUT2D eigenvalue weighted by molar-refractivity contribution is 0.0566. The summed E-state index contributed by atoms with van der Waals surface area (Å²) in [5, 5.41) is 0. The van der Waals surface area contributed by atoms with Crippen LogP contribution in [0.4, 0.5) is 0 Å². The van der Waals surface area contributed by atoms with Crippen molar-refractivity contribution in [2.75, 3.05) is 0 Å². The highest BCUT2D eigenvalue weighted by Crippen LogP contribution is 2.44. The van der Waals surface area contributed by atoms with Gasteiger partial charge < -0.3 is 15.2 Å². The van der Waals surface area contributed by atoms with E-state index < -0.39 is 0 Å². The standard InChI is InChI=1S/C26H35NO2/c1-3-25(27)26(4-2)16-14-21(15-17-26)28-22-11-13-24-20(18-22)10-12-23(29-24)19-8-6-5-7-9-19/h5-9,11,13,18,21,23,25H,3-4,10,12,14-17,27H2,1-2H3. The Hall–Kier alpha value is -2.00. The Morgan fingerprint density at radius 3 is 2.52 bits per heavy atom. The average Bonchev–Trinajstić information content (AvgIpc) is 2.79. The van der Waals surface area contributed by atoms with Gasteiger partial charge in [0.1, 0.15) is 17.6 Å². The summed E-state index contributed by atoms with van der Waals surface area (Å²) in [6.45, 7) is 4.51. The molecule has 2 aliphatic rings. The highest BCUT2D eigenvalue weighted by atomic mass is 16.5.